The van der Waals surface area contributed by atoms with Gasteiger partial charge in [-0.2, -0.15) is 0 Å². The van der Waals surface area contributed by atoms with E-state index in [1.54, 1.807) is 14.2 Å². The molecule has 1 N–H and O–H groups in total. The molecule has 156 valence electrons. The van der Waals surface area contributed by atoms with Crippen LogP contribution < -0.4 is 19.7 Å². The number of rotatable bonds is 5. The lowest BCUT2D eigenvalue weighted by molar-refractivity contribution is -0.120. The average molecular weight is 471 g/mol. The largest absolute Gasteiger partial charge is 0.495 e. The third kappa shape index (κ3) is 4.18. The van der Waals surface area contributed by atoms with Gasteiger partial charge >= 0.3 is 0 Å². The number of nitrogens with one attached hydrogen (secondary N) is 1. The normalized spacial score (nSPS) is 16.4. The van der Waals surface area contributed by atoms with Crippen molar-refractivity contribution in [1.82, 2.24) is 9.97 Å². The molecule has 1 fully saturated rings. The van der Waals surface area contributed by atoms with Crippen LogP contribution in [-0.4, -0.2) is 43.2 Å². The maximum atomic E-state index is 13.0. The number of anilines is 2. The molecule has 1 saturated heterocycles. The minimum atomic E-state index is -0.176. The summed E-state index contributed by atoms with van der Waals surface area (Å²) in [7, 11) is 3.18. The third-order valence-corrected chi connectivity index (χ3v) is 5.72. The van der Waals surface area contributed by atoms with Crippen molar-refractivity contribution >= 4 is 44.4 Å². The monoisotopic (exact) mass is 470 g/mol. The number of aromatic nitrogens is 2. The molecule has 4 rings (SSSR count). The van der Waals surface area contributed by atoms with Gasteiger partial charge in [0, 0.05) is 17.6 Å². The number of halogens is 1. The zero-order valence-corrected chi connectivity index (χ0v) is 18.5. The topological polar surface area (TPSA) is 76.6 Å². The van der Waals surface area contributed by atoms with Crippen LogP contribution in [0.25, 0.3) is 11.0 Å². The lowest BCUT2D eigenvalue weighted by atomic mass is 9.97. The number of carbonyl (C=O) groups excluding carboxylic acids is 1. The van der Waals surface area contributed by atoms with Gasteiger partial charge < -0.3 is 19.7 Å². The van der Waals surface area contributed by atoms with Crippen LogP contribution in [0.15, 0.2) is 46.9 Å². The Morgan fingerprint density at radius 1 is 1.13 bits per heavy atom. The Kier molecular flexibility index (Phi) is 6.03. The van der Waals surface area contributed by atoms with E-state index in [9.17, 15) is 4.79 Å². The molecule has 0 radical (unpaired) electrons. The fourth-order valence-electron chi connectivity index (χ4n) is 3.70. The Bertz CT molecular complexity index is 1080. The van der Waals surface area contributed by atoms with Crippen molar-refractivity contribution < 1.29 is 14.3 Å². The summed E-state index contributed by atoms with van der Waals surface area (Å²) in [6.07, 6.45) is 1.69. The minimum absolute atomic E-state index is 0.0342. The number of methoxy groups -OCH3 is 2. The standard InChI is InChI=1S/C22H23BrN4O3/c1-29-19-12-15(23)9-10-18(19)25-21(28)14-6-5-11-27(13-14)20-22(30-2)26-17-8-4-3-7-16(17)24-20/h3-4,7-10,12,14H,5-6,11,13H2,1-2H3,(H,25,28). The molecule has 1 unspecified atom stereocenters. The second-order valence-corrected chi connectivity index (χ2v) is 8.08. The van der Waals surface area contributed by atoms with Crippen LogP contribution in [0.1, 0.15) is 12.8 Å². The first-order chi connectivity index (χ1) is 14.6. The highest BCUT2D eigenvalue weighted by molar-refractivity contribution is 9.10. The Balaban J connectivity index is 1.55. The van der Waals surface area contributed by atoms with Gasteiger partial charge in [-0.3, -0.25) is 4.79 Å². The molecule has 3 aromatic rings. The summed E-state index contributed by atoms with van der Waals surface area (Å²) in [5, 5.41) is 3.01. The summed E-state index contributed by atoms with van der Waals surface area (Å²) in [6.45, 7) is 1.35. The Labute approximate surface area is 183 Å². The molecule has 0 aliphatic carbocycles. The van der Waals surface area contributed by atoms with Crippen molar-refractivity contribution in [3.8, 4) is 11.6 Å². The van der Waals surface area contributed by atoms with Crippen molar-refractivity contribution in [2.45, 2.75) is 12.8 Å². The fourth-order valence-corrected chi connectivity index (χ4v) is 4.04. The molecule has 1 aliphatic rings. The number of para-hydroxylation sites is 2. The number of hydrogen-bond acceptors (Lipinski definition) is 6. The SMILES string of the molecule is COc1cc(Br)ccc1NC(=O)C1CCCN(c2nc3ccccc3nc2OC)C1. The maximum Gasteiger partial charge on any atom is 0.257 e. The number of fused-ring (bicyclic) bond motifs is 1. The van der Waals surface area contributed by atoms with E-state index in [4.69, 9.17) is 14.5 Å². The molecular weight excluding hydrogens is 448 g/mol. The molecular formula is C22H23BrN4O3. The zero-order chi connectivity index (χ0) is 21.1. The van der Waals surface area contributed by atoms with Gasteiger partial charge in [0.15, 0.2) is 5.82 Å². The molecule has 2 aromatic carbocycles. The lowest BCUT2D eigenvalue weighted by Crippen LogP contribution is -2.41. The van der Waals surface area contributed by atoms with Crippen LogP contribution in [0.2, 0.25) is 0 Å². The van der Waals surface area contributed by atoms with Crippen molar-refractivity contribution in [1.29, 1.82) is 0 Å². The van der Waals surface area contributed by atoms with E-state index >= 15 is 0 Å². The molecule has 30 heavy (non-hydrogen) atoms. The molecule has 1 atom stereocenters. The van der Waals surface area contributed by atoms with Gasteiger partial charge in [-0.1, -0.05) is 28.1 Å². The van der Waals surface area contributed by atoms with Gasteiger partial charge in [0.25, 0.3) is 5.88 Å². The van der Waals surface area contributed by atoms with E-state index in [0.717, 1.165) is 34.9 Å². The van der Waals surface area contributed by atoms with Crippen LogP contribution in [0, 0.1) is 5.92 Å². The summed E-state index contributed by atoms with van der Waals surface area (Å²) in [4.78, 5) is 24.4. The quantitative estimate of drug-likeness (QED) is 0.599. The Morgan fingerprint density at radius 3 is 2.63 bits per heavy atom. The average Bonchev–Trinajstić information content (AvgIpc) is 2.79. The predicted molar refractivity (Wildman–Crippen MR) is 120 cm³/mol. The number of amides is 1. The molecule has 7 nitrogen and oxygen atoms in total. The van der Waals surface area contributed by atoms with E-state index in [2.05, 4.69) is 31.1 Å². The van der Waals surface area contributed by atoms with Gasteiger partial charge in [0.05, 0.1) is 36.9 Å². The molecule has 2 heterocycles. The first-order valence-electron chi connectivity index (χ1n) is 9.79. The minimum Gasteiger partial charge on any atom is -0.495 e. The van der Waals surface area contributed by atoms with E-state index in [1.165, 1.54) is 0 Å². The van der Waals surface area contributed by atoms with Gasteiger partial charge in [-0.25, -0.2) is 9.97 Å². The van der Waals surface area contributed by atoms with Crippen molar-refractivity contribution in [2.75, 3.05) is 37.5 Å². The number of piperidine rings is 1. The molecule has 1 amide bonds. The van der Waals surface area contributed by atoms with Crippen LogP contribution in [0.4, 0.5) is 11.5 Å². The first-order valence-corrected chi connectivity index (χ1v) is 10.6. The number of carbonyl (C=O) groups is 1. The molecule has 0 bridgehead atoms. The second kappa shape index (κ2) is 8.87. The van der Waals surface area contributed by atoms with Gasteiger partial charge in [0.1, 0.15) is 5.75 Å². The van der Waals surface area contributed by atoms with Crippen molar-refractivity contribution in [3.05, 3.63) is 46.9 Å². The van der Waals surface area contributed by atoms with Gasteiger partial charge in [-0.15, -0.1) is 0 Å². The van der Waals surface area contributed by atoms with E-state index in [-0.39, 0.29) is 11.8 Å². The van der Waals surface area contributed by atoms with Crippen LogP contribution in [0.3, 0.4) is 0 Å². The predicted octanol–water partition coefficient (Wildman–Crippen LogP) is 4.26. The fraction of sp³-hybridized carbons (Fsp3) is 0.318. The van der Waals surface area contributed by atoms with Crippen LogP contribution in [-0.2, 0) is 4.79 Å². The summed E-state index contributed by atoms with van der Waals surface area (Å²) < 4.78 is 11.8. The molecule has 0 saturated carbocycles. The Morgan fingerprint density at radius 2 is 1.90 bits per heavy atom. The smallest absolute Gasteiger partial charge is 0.257 e. The van der Waals surface area contributed by atoms with Crippen LogP contribution in [0.5, 0.6) is 11.6 Å². The van der Waals surface area contributed by atoms with Crippen LogP contribution >= 0.6 is 15.9 Å². The molecule has 0 spiro atoms. The molecule has 1 aliphatic heterocycles. The number of benzene rings is 2. The summed E-state index contributed by atoms with van der Waals surface area (Å²) >= 11 is 3.42. The number of nitrogens with zero attached hydrogens (tertiary/aromatic N) is 3. The summed E-state index contributed by atoms with van der Waals surface area (Å²) in [5.74, 6) is 1.56. The third-order valence-electron chi connectivity index (χ3n) is 5.23. The molecule has 8 heteroatoms. The van der Waals surface area contributed by atoms with E-state index < -0.39 is 0 Å². The van der Waals surface area contributed by atoms with E-state index in [1.807, 2.05) is 42.5 Å². The van der Waals surface area contributed by atoms with E-state index in [0.29, 0.717) is 29.7 Å². The summed E-state index contributed by atoms with van der Waals surface area (Å²) in [5.41, 5.74) is 2.25. The highest BCUT2D eigenvalue weighted by Crippen LogP contribution is 2.32. The van der Waals surface area contributed by atoms with Crippen molar-refractivity contribution in [3.63, 3.8) is 0 Å². The Hall–Kier alpha value is -2.87. The highest BCUT2D eigenvalue weighted by atomic mass is 79.9. The van der Waals surface area contributed by atoms with Crippen molar-refractivity contribution in [2.24, 2.45) is 5.92 Å². The number of ether oxygens (including phenoxy) is 2. The lowest BCUT2D eigenvalue weighted by Gasteiger charge is -2.33. The zero-order valence-electron chi connectivity index (χ0n) is 16.9. The highest BCUT2D eigenvalue weighted by Gasteiger charge is 2.29. The first kappa shape index (κ1) is 20.4. The molecule has 1 aromatic heterocycles. The summed E-state index contributed by atoms with van der Waals surface area (Å²) in [6, 6.07) is 13.2. The number of hydrogen-bond donors (Lipinski definition) is 1. The second-order valence-electron chi connectivity index (χ2n) is 7.16. The van der Waals surface area contributed by atoms with Gasteiger partial charge in [0.2, 0.25) is 5.91 Å². The van der Waals surface area contributed by atoms with Gasteiger partial charge in [-0.05, 0) is 43.2 Å². The maximum absolute atomic E-state index is 13.0.